The van der Waals surface area contributed by atoms with Crippen molar-refractivity contribution in [1.82, 2.24) is 4.90 Å². The van der Waals surface area contributed by atoms with E-state index >= 15 is 0 Å². The Morgan fingerprint density at radius 2 is 1.93 bits per heavy atom. The average molecular weight is 216 g/mol. The molecule has 0 aromatic rings. The van der Waals surface area contributed by atoms with E-state index in [1.54, 1.807) is 0 Å². The van der Waals surface area contributed by atoms with E-state index in [1.165, 1.54) is 0 Å². The van der Waals surface area contributed by atoms with Crippen molar-refractivity contribution in [3.05, 3.63) is 0 Å². The van der Waals surface area contributed by atoms with Crippen LogP contribution in [0.3, 0.4) is 0 Å². The zero-order valence-corrected chi connectivity index (χ0v) is 10.4. The third-order valence-electron chi connectivity index (χ3n) is 1.81. The van der Waals surface area contributed by atoms with Crippen LogP contribution in [0.4, 0.5) is 0 Å². The van der Waals surface area contributed by atoms with Crippen LogP contribution >= 0.6 is 0 Å². The number of nitrogens with zero attached hydrogens (tertiary/aromatic N) is 1. The Labute approximate surface area is 92.8 Å². The third-order valence-corrected chi connectivity index (χ3v) is 1.81. The highest BCUT2D eigenvalue weighted by Gasteiger charge is 2.17. The second kappa shape index (κ2) is 6.80. The zero-order valence-electron chi connectivity index (χ0n) is 10.4. The van der Waals surface area contributed by atoms with E-state index in [0.717, 1.165) is 19.4 Å². The van der Waals surface area contributed by atoms with Gasteiger partial charge in [0.05, 0.1) is 6.54 Å². The molecule has 0 aromatic carbocycles. The molecule has 4 nitrogen and oxygen atoms in total. The molecule has 2 N–H and O–H groups in total. The van der Waals surface area contributed by atoms with Crippen LogP contribution < -0.4 is 5.73 Å². The number of esters is 1. The Morgan fingerprint density at radius 3 is 2.40 bits per heavy atom. The van der Waals surface area contributed by atoms with Gasteiger partial charge in [0.1, 0.15) is 5.60 Å². The first-order valence-electron chi connectivity index (χ1n) is 5.45. The van der Waals surface area contributed by atoms with Gasteiger partial charge in [-0.2, -0.15) is 0 Å². The van der Waals surface area contributed by atoms with Crippen LogP contribution in [-0.4, -0.2) is 43.2 Å². The van der Waals surface area contributed by atoms with E-state index in [9.17, 15) is 4.79 Å². The first kappa shape index (κ1) is 14.4. The van der Waals surface area contributed by atoms with Gasteiger partial charge in [-0.15, -0.1) is 0 Å². The number of nitrogens with two attached hydrogens (primary N) is 1. The molecule has 0 aliphatic carbocycles. The van der Waals surface area contributed by atoms with Crippen LogP contribution in [0.25, 0.3) is 0 Å². The molecular weight excluding hydrogens is 192 g/mol. The number of hydrogen-bond acceptors (Lipinski definition) is 4. The quantitative estimate of drug-likeness (QED) is 0.531. The summed E-state index contributed by atoms with van der Waals surface area (Å²) in [6.07, 6.45) is 2.02. The van der Waals surface area contributed by atoms with Crippen molar-refractivity contribution in [3.63, 3.8) is 0 Å². The number of carbonyl (C=O) groups excluding carboxylic acids is 1. The van der Waals surface area contributed by atoms with Gasteiger partial charge in [0.15, 0.2) is 0 Å². The second-order valence-corrected chi connectivity index (χ2v) is 4.82. The number of hydrogen-bond donors (Lipinski definition) is 1. The minimum absolute atomic E-state index is 0.169. The lowest BCUT2D eigenvalue weighted by Gasteiger charge is -2.22. The van der Waals surface area contributed by atoms with Crippen molar-refractivity contribution in [2.75, 3.05) is 26.7 Å². The summed E-state index contributed by atoms with van der Waals surface area (Å²) < 4.78 is 5.21. The van der Waals surface area contributed by atoms with Gasteiger partial charge in [0.2, 0.25) is 0 Å². The van der Waals surface area contributed by atoms with Crippen LogP contribution in [0, 0.1) is 0 Å². The van der Waals surface area contributed by atoms with E-state index in [2.05, 4.69) is 0 Å². The molecular formula is C11H24N2O2. The molecule has 0 aliphatic heterocycles. The molecule has 0 atom stereocenters. The molecule has 0 spiro atoms. The van der Waals surface area contributed by atoms with Gasteiger partial charge in [-0.1, -0.05) is 0 Å². The van der Waals surface area contributed by atoms with E-state index in [4.69, 9.17) is 10.5 Å². The summed E-state index contributed by atoms with van der Waals surface area (Å²) in [4.78, 5) is 13.4. The number of unbranched alkanes of at least 4 members (excludes halogenated alkanes) is 1. The highest BCUT2D eigenvalue weighted by atomic mass is 16.6. The Kier molecular flexibility index (Phi) is 6.52. The molecule has 15 heavy (non-hydrogen) atoms. The summed E-state index contributed by atoms with van der Waals surface area (Å²) in [5.74, 6) is -0.169. The fourth-order valence-electron chi connectivity index (χ4n) is 1.20. The molecule has 0 saturated carbocycles. The summed E-state index contributed by atoms with van der Waals surface area (Å²) in [6, 6.07) is 0. The minimum Gasteiger partial charge on any atom is -0.459 e. The maximum atomic E-state index is 11.4. The Morgan fingerprint density at radius 1 is 1.33 bits per heavy atom. The molecule has 0 amide bonds. The van der Waals surface area contributed by atoms with Crippen molar-refractivity contribution in [2.45, 2.75) is 39.2 Å². The molecule has 0 fully saturated rings. The fourth-order valence-corrected chi connectivity index (χ4v) is 1.20. The standard InChI is InChI=1S/C11H24N2O2/c1-11(2,3)15-10(14)9-13(4)8-6-5-7-12/h5-9,12H2,1-4H3. The summed E-state index contributed by atoms with van der Waals surface area (Å²) in [7, 11) is 1.92. The topological polar surface area (TPSA) is 55.6 Å². The first-order chi connectivity index (χ1) is 6.85. The van der Waals surface area contributed by atoms with E-state index in [0.29, 0.717) is 13.1 Å². The van der Waals surface area contributed by atoms with Crippen molar-refractivity contribution in [2.24, 2.45) is 5.73 Å². The van der Waals surface area contributed by atoms with Crippen LogP contribution in [-0.2, 0) is 9.53 Å². The molecule has 0 unspecified atom stereocenters. The summed E-state index contributed by atoms with van der Waals surface area (Å²) in [5, 5.41) is 0. The molecule has 0 radical (unpaired) electrons. The maximum absolute atomic E-state index is 11.4. The van der Waals surface area contributed by atoms with E-state index in [1.807, 2.05) is 32.7 Å². The van der Waals surface area contributed by atoms with Gasteiger partial charge >= 0.3 is 5.97 Å². The zero-order chi connectivity index (χ0) is 11.9. The van der Waals surface area contributed by atoms with Crippen LogP contribution in [0.5, 0.6) is 0 Å². The largest absolute Gasteiger partial charge is 0.459 e. The Hall–Kier alpha value is -0.610. The molecule has 0 heterocycles. The predicted molar refractivity (Wildman–Crippen MR) is 61.6 cm³/mol. The maximum Gasteiger partial charge on any atom is 0.320 e. The minimum atomic E-state index is -0.394. The monoisotopic (exact) mass is 216 g/mol. The Balaban J connectivity index is 3.67. The van der Waals surface area contributed by atoms with Crippen LogP contribution in [0.2, 0.25) is 0 Å². The molecule has 0 aromatic heterocycles. The number of carbonyl (C=O) groups is 1. The van der Waals surface area contributed by atoms with Gasteiger partial charge in [-0.05, 0) is 53.8 Å². The fraction of sp³-hybridized carbons (Fsp3) is 0.909. The van der Waals surface area contributed by atoms with Gasteiger partial charge in [-0.3, -0.25) is 9.69 Å². The summed E-state index contributed by atoms with van der Waals surface area (Å²) in [5.41, 5.74) is 5.00. The van der Waals surface area contributed by atoms with E-state index in [-0.39, 0.29) is 5.97 Å². The lowest BCUT2D eigenvalue weighted by atomic mass is 10.2. The van der Waals surface area contributed by atoms with E-state index < -0.39 is 5.60 Å². The van der Waals surface area contributed by atoms with Crippen molar-refractivity contribution >= 4 is 5.97 Å². The summed E-state index contributed by atoms with van der Waals surface area (Å²) >= 11 is 0. The molecule has 0 saturated heterocycles. The molecule has 0 bridgehead atoms. The highest BCUT2D eigenvalue weighted by Crippen LogP contribution is 2.07. The first-order valence-corrected chi connectivity index (χ1v) is 5.45. The van der Waals surface area contributed by atoms with Gasteiger partial charge in [0, 0.05) is 0 Å². The highest BCUT2D eigenvalue weighted by molar-refractivity contribution is 5.72. The smallest absolute Gasteiger partial charge is 0.320 e. The molecule has 4 heteroatoms. The van der Waals surface area contributed by atoms with Crippen LogP contribution in [0.1, 0.15) is 33.6 Å². The lowest BCUT2D eigenvalue weighted by Crippen LogP contribution is -2.33. The normalized spacial score (nSPS) is 11.9. The third kappa shape index (κ3) is 9.69. The van der Waals surface area contributed by atoms with Crippen molar-refractivity contribution in [1.29, 1.82) is 0 Å². The predicted octanol–water partition coefficient (Wildman–Crippen LogP) is 0.999. The molecule has 90 valence electrons. The van der Waals surface area contributed by atoms with Crippen molar-refractivity contribution in [3.8, 4) is 0 Å². The second-order valence-electron chi connectivity index (χ2n) is 4.82. The summed E-state index contributed by atoms with van der Waals surface area (Å²) in [6.45, 7) is 7.57. The molecule has 0 aliphatic rings. The Bertz CT molecular complexity index is 188. The van der Waals surface area contributed by atoms with Gasteiger partial charge in [-0.25, -0.2) is 0 Å². The molecule has 0 rings (SSSR count). The van der Waals surface area contributed by atoms with Gasteiger partial charge in [0.25, 0.3) is 0 Å². The number of ether oxygens (including phenoxy) is 1. The number of rotatable bonds is 6. The average Bonchev–Trinajstić information content (AvgIpc) is 2.00. The van der Waals surface area contributed by atoms with Crippen LogP contribution in [0.15, 0.2) is 0 Å². The SMILES string of the molecule is CN(CCCCN)CC(=O)OC(C)(C)C. The van der Waals surface area contributed by atoms with Crippen molar-refractivity contribution < 1.29 is 9.53 Å². The van der Waals surface area contributed by atoms with Gasteiger partial charge < -0.3 is 10.5 Å². The lowest BCUT2D eigenvalue weighted by molar-refractivity contribution is -0.155. The number of likely N-dealkylation sites (N-methyl/N-ethyl adjacent to an activating group) is 1.